The maximum atomic E-state index is 13.0. The number of ketones is 1. The Morgan fingerprint density at radius 3 is 2.21 bits per heavy atom. The Balaban J connectivity index is 1.77. The van der Waals surface area contributed by atoms with E-state index in [1.165, 1.54) is 0 Å². The zero-order chi connectivity index (χ0) is 19.7. The van der Waals surface area contributed by atoms with Crippen LogP contribution < -0.4 is 5.32 Å². The van der Waals surface area contributed by atoms with Crippen LogP contribution in [0.4, 0.5) is 5.69 Å². The van der Waals surface area contributed by atoms with Gasteiger partial charge in [-0.2, -0.15) is 0 Å². The fourth-order valence-electron chi connectivity index (χ4n) is 2.85. The standard InChI is InChI=1S/C22H13BrClNO3/c23-15-9-5-13(6-10-15)20(26)21-19(17-3-1-2-4-18(17)28-21)25-22(27)14-7-11-16(24)12-8-14/h1-12H,(H,25,27). The second-order valence-electron chi connectivity index (χ2n) is 6.10. The quantitative estimate of drug-likeness (QED) is 0.366. The van der Waals surface area contributed by atoms with Gasteiger partial charge >= 0.3 is 0 Å². The van der Waals surface area contributed by atoms with Crippen molar-refractivity contribution in [1.29, 1.82) is 0 Å². The molecule has 0 aliphatic heterocycles. The number of benzene rings is 3. The van der Waals surface area contributed by atoms with Crippen LogP contribution in [0, 0.1) is 0 Å². The first-order valence-electron chi connectivity index (χ1n) is 8.41. The molecule has 1 N–H and O–H groups in total. The molecule has 4 rings (SSSR count). The minimum atomic E-state index is -0.354. The summed E-state index contributed by atoms with van der Waals surface area (Å²) in [6.45, 7) is 0. The first kappa shape index (κ1) is 18.5. The number of carbonyl (C=O) groups excluding carboxylic acids is 2. The first-order valence-corrected chi connectivity index (χ1v) is 9.59. The lowest BCUT2D eigenvalue weighted by Crippen LogP contribution is -2.14. The molecule has 1 aromatic heterocycles. The minimum absolute atomic E-state index is 0.0887. The topological polar surface area (TPSA) is 59.3 Å². The molecule has 6 heteroatoms. The molecule has 28 heavy (non-hydrogen) atoms. The van der Waals surface area contributed by atoms with Gasteiger partial charge in [-0.05, 0) is 60.7 Å². The van der Waals surface area contributed by atoms with E-state index in [2.05, 4.69) is 21.2 Å². The lowest BCUT2D eigenvalue weighted by molar-refractivity contribution is 0.101. The zero-order valence-electron chi connectivity index (χ0n) is 14.4. The van der Waals surface area contributed by atoms with E-state index in [-0.39, 0.29) is 17.5 Å². The van der Waals surface area contributed by atoms with Gasteiger partial charge in [0, 0.05) is 26.0 Å². The van der Waals surface area contributed by atoms with Gasteiger partial charge in [0.15, 0.2) is 5.76 Å². The Hall–Kier alpha value is -2.89. The van der Waals surface area contributed by atoms with Crippen LogP contribution in [0.25, 0.3) is 11.0 Å². The van der Waals surface area contributed by atoms with Crippen molar-refractivity contribution in [3.8, 4) is 0 Å². The Labute approximate surface area is 174 Å². The van der Waals surface area contributed by atoms with Crippen LogP contribution in [-0.4, -0.2) is 11.7 Å². The summed E-state index contributed by atoms with van der Waals surface area (Å²) in [5.41, 5.74) is 1.76. The van der Waals surface area contributed by atoms with Crippen molar-refractivity contribution in [2.45, 2.75) is 0 Å². The molecule has 0 spiro atoms. The molecule has 4 aromatic rings. The first-order chi connectivity index (χ1) is 13.5. The normalized spacial score (nSPS) is 10.8. The monoisotopic (exact) mass is 453 g/mol. The van der Waals surface area contributed by atoms with E-state index in [9.17, 15) is 9.59 Å². The van der Waals surface area contributed by atoms with Crippen molar-refractivity contribution in [1.82, 2.24) is 0 Å². The summed E-state index contributed by atoms with van der Waals surface area (Å²) in [6.07, 6.45) is 0. The van der Waals surface area contributed by atoms with Crippen molar-refractivity contribution in [3.63, 3.8) is 0 Å². The van der Waals surface area contributed by atoms with E-state index >= 15 is 0 Å². The number of hydrogen-bond donors (Lipinski definition) is 1. The van der Waals surface area contributed by atoms with Gasteiger partial charge in [0.2, 0.25) is 5.78 Å². The predicted molar refractivity (Wildman–Crippen MR) is 113 cm³/mol. The van der Waals surface area contributed by atoms with Gasteiger partial charge in [-0.3, -0.25) is 9.59 Å². The number of rotatable bonds is 4. The summed E-state index contributed by atoms with van der Waals surface area (Å²) in [5, 5.41) is 4.02. The molecule has 0 aliphatic rings. The third-order valence-electron chi connectivity index (χ3n) is 4.25. The fraction of sp³-hybridized carbons (Fsp3) is 0. The molecule has 0 atom stereocenters. The lowest BCUT2D eigenvalue weighted by Gasteiger charge is -2.06. The van der Waals surface area contributed by atoms with Crippen LogP contribution in [0.1, 0.15) is 26.5 Å². The summed E-state index contributed by atoms with van der Waals surface area (Å²) in [4.78, 5) is 25.7. The average Bonchev–Trinajstić information content (AvgIpc) is 3.07. The smallest absolute Gasteiger partial charge is 0.255 e. The third-order valence-corrected chi connectivity index (χ3v) is 5.03. The molecule has 0 unspecified atom stereocenters. The molecule has 0 saturated heterocycles. The van der Waals surface area contributed by atoms with Gasteiger partial charge in [-0.1, -0.05) is 39.7 Å². The number of carbonyl (C=O) groups is 2. The summed E-state index contributed by atoms with van der Waals surface area (Å²) < 4.78 is 6.67. The highest BCUT2D eigenvalue weighted by Gasteiger charge is 2.23. The number of nitrogens with one attached hydrogen (secondary N) is 1. The maximum Gasteiger partial charge on any atom is 0.255 e. The third kappa shape index (κ3) is 3.59. The van der Waals surface area contributed by atoms with Crippen molar-refractivity contribution in [3.05, 3.63) is 99.2 Å². The zero-order valence-corrected chi connectivity index (χ0v) is 16.8. The fourth-order valence-corrected chi connectivity index (χ4v) is 3.24. The van der Waals surface area contributed by atoms with E-state index in [1.54, 1.807) is 60.7 Å². The molecular weight excluding hydrogens is 442 g/mol. The second-order valence-corrected chi connectivity index (χ2v) is 7.45. The molecule has 0 aliphatic carbocycles. The van der Waals surface area contributed by atoms with Gasteiger partial charge < -0.3 is 9.73 Å². The number of para-hydroxylation sites is 1. The van der Waals surface area contributed by atoms with Crippen molar-refractivity contribution in [2.75, 3.05) is 5.32 Å². The molecule has 4 nitrogen and oxygen atoms in total. The van der Waals surface area contributed by atoms with Gasteiger partial charge in [-0.25, -0.2) is 0 Å². The molecule has 1 amide bonds. The Morgan fingerprint density at radius 2 is 1.50 bits per heavy atom. The van der Waals surface area contributed by atoms with Crippen LogP contribution in [0.2, 0.25) is 5.02 Å². The number of amides is 1. The number of hydrogen-bond acceptors (Lipinski definition) is 3. The number of fused-ring (bicyclic) bond motifs is 1. The van der Waals surface area contributed by atoms with Crippen LogP contribution >= 0.6 is 27.5 Å². The highest BCUT2D eigenvalue weighted by atomic mass is 79.9. The Bertz CT molecular complexity index is 1180. The minimum Gasteiger partial charge on any atom is -0.450 e. The van der Waals surface area contributed by atoms with E-state index < -0.39 is 0 Å². The van der Waals surface area contributed by atoms with Crippen molar-refractivity contribution >= 4 is 55.9 Å². The van der Waals surface area contributed by atoms with Crippen molar-refractivity contribution in [2.24, 2.45) is 0 Å². The summed E-state index contributed by atoms with van der Waals surface area (Å²) in [5.74, 6) is -0.575. The second kappa shape index (κ2) is 7.62. The molecule has 0 radical (unpaired) electrons. The van der Waals surface area contributed by atoms with Gasteiger partial charge in [0.1, 0.15) is 5.58 Å². The largest absolute Gasteiger partial charge is 0.450 e. The van der Waals surface area contributed by atoms with Crippen molar-refractivity contribution < 1.29 is 14.0 Å². The predicted octanol–water partition coefficient (Wildman–Crippen LogP) is 6.33. The summed E-state index contributed by atoms with van der Waals surface area (Å²) in [7, 11) is 0. The van der Waals surface area contributed by atoms with Crippen LogP contribution in [-0.2, 0) is 0 Å². The number of halogens is 2. The summed E-state index contributed by atoms with van der Waals surface area (Å²) >= 11 is 9.24. The van der Waals surface area contributed by atoms with Crippen LogP contribution in [0.5, 0.6) is 0 Å². The summed E-state index contributed by atoms with van der Waals surface area (Å²) in [6, 6.07) is 20.7. The molecule has 0 saturated carbocycles. The maximum absolute atomic E-state index is 13.0. The number of furan rings is 1. The number of anilines is 1. The lowest BCUT2D eigenvalue weighted by atomic mass is 10.1. The molecule has 1 heterocycles. The molecular formula is C22H13BrClNO3. The van der Waals surface area contributed by atoms with E-state index in [0.29, 0.717) is 32.8 Å². The molecule has 0 fully saturated rings. The van der Waals surface area contributed by atoms with Crippen LogP contribution in [0.3, 0.4) is 0 Å². The highest BCUT2D eigenvalue weighted by Crippen LogP contribution is 2.33. The van der Waals surface area contributed by atoms with E-state index in [0.717, 1.165) is 4.47 Å². The van der Waals surface area contributed by atoms with E-state index in [4.69, 9.17) is 16.0 Å². The van der Waals surface area contributed by atoms with Gasteiger partial charge in [0.05, 0.1) is 5.69 Å². The average molecular weight is 455 g/mol. The molecule has 3 aromatic carbocycles. The van der Waals surface area contributed by atoms with Gasteiger partial charge in [0.25, 0.3) is 5.91 Å². The van der Waals surface area contributed by atoms with Crippen LogP contribution in [0.15, 0.2) is 81.7 Å². The van der Waals surface area contributed by atoms with Gasteiger partial charge in [-0.15, -0.1) is 0 Å². The Morgan fingerprint density at radius 1 is 0.857 bits per heavy atom. The molecule has 0 bridgehead atoms. The SMILES string of the molecule is O=C(Nc1c(C(=O)c2ccc(Br)cc2)oc2ccccc12)c1ccc(Cl)cc1. The van der Waals surface area contributed by atoms with E-state index in [1.807, 2.05) is 12.1 Å². The Kier molecular flexibility index (Phi) is 5.03. The highest BCUT2D eigenvalue weighted by molar-refractivity contribution is 9.10. The molecule has 138 valence electrons.